The van der Waals surface area contributed by atoms with Crippen molar-refractivity contribution in [1.29, 1.82) is 0 Å². The van der Waals surface area contributed by atoms with Gasteiger partial charge in [0.15, 0.2) is 11.4 Å². The molecule has 0 saturated carbocycles. The number of aliphatic hydroxyl groups excluding tert-OH is 2. The number of rotatable bonds is 10. The summed E-state index contributed by atoms with van der Waals surface area (Å²) in [7, 11) is 0. The lowest BCUT2D eigenvalue weighted by atomic mass is 9.92. The van der Waals surface area contributed by atoms with Crippen LogP contribution in [0.5, 0.6) is 0 Å². The molecule has 4 N–H and O–H groups in total. The maximum Gasteiger partial charge on any atom is 0.272 e. The van der Waals surface area contributed by atoms with Gasteiger partial charge >= 0.3 is 0 Å². The zero-order valence-corrected chi connectivity index (χ0v) is 17.4. The van der Waals surface area contributed by atoms with Crippen LogP contribution < -0.4 is 10.6 Å². The van der Waals surface area contributed by atoms with Gasteiger partial charge in [0, 0.05) is 0 Å². The molecule has 10 heteroatoms. The van der Waals surface area contributed by atoms with E-state index >= 15 is 0 Å². The number of aromatic nitrogens is 2. The van der Waals surface area contributed by atoms with Crippen molar-refractivity contribution in [3.63, 3.8) is 0 Å². The third-order valence-electron chi connectivity index (χ3n) is 5.02. The third-order valence-corrected chi connectivity index (χ3v) is 5.02. The standard InChI is InChI=1S/C21H26N4O6/c1-12(2)7-15(18(28)21(10-27)11-31-21)24-20(30)17(9-26)25-19(29)16-8-22-13-5-3-4-6-14(13)23-16/h3-6,8,12,15,17,26-27H,7,9-11H2,1-2H3,(H,24,30)(H,25,29)/t15-,17-,21-/m0/s1. The third kappa shape index (κ3) is 5.22. The molecule has 2 heterocycles. The Morgan fingerprint density at radius 2 is 1.81 bits per heavy atom. The first-order chi connectivity index (χ1) is 14.8. The summed E-state index contributed by atoms with van der Waals surface area (Å²) in [5.41, 5.74) is -0.164. The molecule has 1 fully saturated rings. The molecule has 0 unspecified atom stereocenters. The molecule has 2 aromatic rings. The van der Waals surface area contributed by atoms with E-state index in [2.05, 4.69) is 20.6 Å². The van der Waals surface area contributed by atoms with Gasteiger partial charge in [0.1, 0.15) is 11.7 Å². The van der Waals surface area contributed by atoms with Gasteiger partial charge < -0.3 is 25.6 Å². The van der Waals surface area contributed by atoms with Crippen molar-refractivity contribution in [2.45, 2.75) is 38.0 Å². The molecule has 1 aliphatic heterocycles. The number of ether oxygens (including phenoxy) is 1. The molecule has 0 bridgehead atoms. The number of carbonyl (C=O) groups excluding carboxylic acids is 3. The first-order valence-electron chi connectivity index (χ1n) is 10.0. The second-order valence-electron chi connectivity index (χ2n) is 7.95. The first-order valence-corrected chi connectivity index (χ1v) is 10.0. The number of carbonyl (C=O) groups is 3. The van der Waals surface area contributed by atoms with E-state index in [9.17, 15) is 24.6 Å². The first kappa shape index (κ1) is 22.7. The van der Waals surface area contributed by atoms with Gasteiger partial charge in [0.05, 0.1) is 43.1 Å². The Bertz CT molecular complexity index is 975. The molecule has 1 aliphatic rings. The van der Waals surface area contributed by atoms with Crippen LogP contribution in [-0.4, -0.2) is 75.3 Å². The van der Waals surface area contributed by atoms with E-state index in [4.69, 9.17) is 4.74 Å². The van der Waals surface area contributed by atoms with E-state index in [1.807, 2.05) is 13.8 Å². The Hall–Kier alpha value is -2.95. The minimum Gasteiger partial charge on any atom is -0.394 e. The Balaban J connectivity index is 1.70. The number of epoxide rings is 1. The lowest BCUT2D eigenvalue weighted by molar-refractivity contribution is -0.133. The molecule has 1 aromatic heterocycles. The molecule has 1 aromatic carbocycles. The number of hydrogen-bond acceptors (Lipinski definition) is 8. The predicted molar refractivity (Wildman–Crippen MR) is 110 cm³/mol. The fraction of sp³-hybridized carbons (Fsp3) is 0.476. The van der Waals surface area contributed by atoms with E-state index < -0.39 is 48.5 Å². The number of Topliss-reactive ketones (excluding diaryl/α,β-unsaturated/α-hetero) is 1. The van der Waals surface area contributed by atoms with Crippen LogP contribution in [0, 0.1) is 5.92 Å². The molecule has 10 nitrogen and oxygen atoms in total. The molecule has 31 heavy (non-hydrogen) atoms. The van der Waals surface area contributed by atoms with E-state index in [0.717, 1.165) is 0 Å². The summed E-state index contributed by atoms with van der Waals surface area (Å²) in [6, 6.07) is 4.79. The average Bonchev–Trinajstić information content (AvgIpc) is 3.56. The average molecular weight is 430 g/mol. The van der Waals surface area contributed by atoms with Crippen LogP contribution in [-0.2, 0) is 14.3 Å². The van der Waals surface area contributed by atoms with Gasteiger partial charge in [-0.15, -0.1) is 0 Å². The zero-order chi connectivity index (χ0) is 22.6. The highest BCUT2D eigenvalue weighted by Crippen LogP contribution is 2.30. The molecule has 0 aliphatic carbocycles. The van der Waals surface area contributed by atoms with Gasteiger partial charge in [-0.1, -0.05) is 26.0 Å². The lowest BCUT2D eigenvalue weighted by Gasteiger charge is -2.24. The summed E-state index contributed by atoms with van der Waals surface area (Å²) < 4.78 is 5.11. The molecule has 1 saturated heterocycles. The summed E-state index contributed by atoms with van der Waals surface area (Å²) in [4.78, 5) is 46.4. The number of para-hydroxylation sites is 2. The van der Waals surface area contributed by atoms with Crippen molar-refractivity contribution in [3.8, 4) is 0 Å². The molecule has 166 valence electrons. The smallest absolute Gasteiger partial charge is 0.272 e. The molecule has 3 atom stereocenters. The monoisotopic (exact) mass is 430 g/mol. The van der Waals surface area contributed by atoms with Crippen molar-refractivity contribution in [3.05, 3.63) is 36.2 Å². The number of fused-ring (bicyclic) bond motifs is 1. The van der Waals surface area contributed by atoms with Crippen molar-refractivity contribution < 1.29 is 29.3 Å². The number of hydrogen-bond donors (Lipinski definition) is 4. The number of aliphatic hydroxyl groups is 2. The predicted octanol–water partition coefficient (Wildman–Crippen LogP) is -0.418. The van der Waals surface area contributed by atoms with Crippen LogP contribution in [0.4, 0.5) is 0 Å². The molecule has 0 radical (unpaired) electrons. The van der Waals surface area contributed by atoms with E-state index in [1.54, 1.807) is 24.3 Å². The van der Waals surface area contributed by atoms with Gasteiger partial charge in [-0.25, -0.2) is 4.98 Å². The lowest BCUT2D eigenvalue weighted by Crippen LogP contribution is -2.55. The molecular formula is C21H26N4O6. The van der Waals surface area contributed by atoms with Crippen molar-refractivity contribution in [2.24, 2.45) is 5.92 Å². The number of nitrogens with zero attached hydrogens (tertiary/aromatic N) is 2. The highest BCUT2D eigenvalue weighted by molar-refractivity contribution is 6.00. The van der Waals surface area contributed by atoms with E-state index in [1.165, 1.54) is 6.20 Å². The summed E-state index contributed by atoms with van der Waals surface area (Å²) >= 11 is 0. The fourth-order valence-corrected chi connectivity index (χ4v) is 3.18. The molecule has 3 rings (SSSR count). The van der Waals surface area contributed by atoms with Gasteiger partial charge in [0.25, 0.3) is 5.91 Å². The Morgan fingerprint density at radius 1 is 1.13 bits per heavy atom. The van der Waals surface area contributed by atoms with E-state index in [-0.39, 0.29) is 18.2 Å². The highest BCUT2D eigenvalue weighted by atomic mass is 16.6. The van der Waals surface area contributed by atoms with E-state index in [0.29, 0.717) is 17.5 Å². The van der Waals surface area contributed by atoms with Gasteiger partial charge in [-0.3, -0.25) is 19.4 Å². The second-order valence-corrected chi connectivity index (χ2v) is 7.95. The number of benzene rings is 1. The van der Waals surface area contributed by atoms with Crippen LogP contribution in [0.2, 0.25) is 0 Å². The number of nitrogens with one attached hydrogen (secondary N) is 2. The molecule has 0 spiro atoms. The van der Waals surface area contributed by atoms with Crippen LogP contribution in [0.3, 0.4) is 0 Å². The van der Waals surface area contributed by atoms with Crippen LogP contribution in [0.1, 0.15) is 30.8 Å². The molecule has 2 amide bonds. The quantitative estimate of drug-likeness (QED) is 0.371. The van der Waals surface area contributed by atoms with Gasteiger partial charge in [0.2, 0.25) is 5.91 Å². The van der Waals surface area contributed by atoms with Crippen LogP contribution in [0.15, 0.2) is 30.5 Å². The van der Waals surface area contributed by atoms with Crippen molar-refractivity contribution >= 4 is 28.6 Å². The normalized spacial score (nSPS) is 19.6. The summed E-state index contributed by atoms with van der Waals surface area (Å²) in [5.74, 6) is -1.77. The van der Waals surface area contributed by atoms with Gasteiger partial charge in [-0.2, -0.15) is 0 Å². The fourth-order valence-electron chi connectivity index (χ4n) is 3.18. The summed E-state index contributed by atoms with van der Waals surface area (Å²) in [5, 5.41) is 24.1. The summed E-state index contributed by atoms with van der Waals surface area (Å²) in [6.07, 6.45) is 1.60. The summed E-state index contributed by atoms with van der Waals surface area (Å²) in [6.45, 7) is 2.71. The topological polar surface area (TPSA) is 154 Å². The van der Waals surface area contributed by atoms with Crippen LogP contribution in [0.25, 0.3) is 11.0 Å². The van der Waals surface area contributed by atoms with Gasteiger partial charge in [-0.05, 0) is 24.5 Å². The maximum atomic E-state index is 12.7. The van der Waals surface area contributed by atoms with Crippen molar-refractivity contribution in [2.75, 3.05) is 19.8 Å². The minimum atomic E-state index is -1.30. The number of ketones is 1. The van der Waals surface area contributed by atoms with Crippen LogP contribution >= 0.6 is 0 Å². The maximum absolute atomic E-state index is 12.7. The second kappa shape index (κ2) is 9.46. The SMILES string of the molecule is CC(C)C[C@H](NC(=O)[C@H](CO)NC(=O)c1cnc2ccccc2n1)C(=O)[C@]1(CO)CO1. The minimum absolute atomic E-state index is 0.00892. The Kier molecular flexibility index (Phi) is 6.94. The highest BCUT2D eigenvalue weighted by Gasteiger charge is 2.54. The zero-order valence-electron chi connectivity index (χ0n) is 17.4. The Labute approximate surface area is 179 Å². The Morgan fingerprint density at radius 3 is 2.39 bits per heavy atom. The number of amides is 2. The van der Waals surface area contributed by atoms with Crippen molar-refractivity contribution in [1.82, 2.24) is 20.6 Å². The largest absolute Gasteiger partial charge is 0.394 e. The molecular weight excluding hydrogens is 404 g/mol.